The maximum atomic E-state index is 14.0. The summed E-state index contributed by atoms with van der Waals surface area (Å²) >= 11 is 0. The highest BCUT2D eigenvalue weighted by molar-refractivity contribution is 6.15. The Morgan fingerprint density at radius 1 is 0.886 bits per heavy atom. The van der Waals surface area contributed by atoms with Gasteiger partial charge in [0.05, 0.1) is 19.5 Å². The minimum Gasteiger partial charge on any atom is -0.465 e. The van der Waals surface area contributed by atoms with Gasteiger partial charge in [0.15, 0.2) is 11.6 Å². The molecule has 0 radical (unpaired) electrons. The van der Waals surface area contributed by atoms with Crippen molar-refractivity contribution in [3.63, 3.8) is 0 Å². The molecule has 0 aliphatic heterocycles. The summed E-state index contributed by atoms with van der Waals surface area (Å²) in [5.74, 6) is -4.12. The van der Waals surface area contributed by atoms with Gasteiger partial charge < -0.3 is 14.0 Å². The first-order valence-corrected chi connectivity index (χ1v) is 11.4. The Morgan fingerprint density at radius 2 is 1.49 bits per heavy atom. The van der Waals surface area contributed by atoms with Crippen molar-refractivity contribution in [2.24, 2.45) is 11.3 Å². The van der Waals surface area contributed by atoms with Crippen molar-refractivity contribution in [3.05, 3.63) is 90.5 Å². The van der Waals surface area contributed by atoms with Crippen LogP contribution in [0.3, 0.4) is 0 Å². The van der Waals surface area contributed by atoms with Gasteiger partial charge in [-0.25, -0.2) is 4.98 Å². The molecule has 0 saturated carbocycles. The number of rotatable bonds is 12. The molecule has 182 valence electrons. The Balaban J connectivity index is 2.16. The van der Waals surface area contributed by atoms with Gasteiger partial charge in [-0.15, -0.1) is 0 Å². The third-order valence-electron chi connectivity index (χ3n) is 5.65. The van der Waals surface area contributed by atoms with Gasteiger partial charge in [-0.1, -0.05) is 60.7 Å². The Morgan fingerprint density at radius 3 is 2.03 bits per heavy atom. The molecule has 1 heterocycles. The van der Waals surface area contributed by atoms with Crippen LogP contribution in [-0.2, 0) is 25.6 Å². The molecule has 1 aromatic heterocycles. The summed E-state index contributed by atoms with van der Waals surface area (Å²) in [5.41, 5.74) is -1.35. The van der Waals surface area contributed by atoms with E-state index in [-0.39, 0.29) is 30.9 Å². The van der Waals surface area contributed by atoms with Crippen molar-refractivity contribution >= 4 is 23.5 Å². The molecule has 0 amide bonds. The van der Waals surface area contributed by atoms with Crippen LogP contribution in [0, 0.1) is 11.3 Å². The molecule has 3 rings (SSSR count). The zero-order valence-electron chi connectivity index (χ0n) is 19.8. The summed E-state index contributed by atoms with van der Waals surface area (Å²) in [6.07, 6.45) is 4.15. The molecule has 35 heavy (non-hydrogen) atoms. The lowest BCUT2D eigenvalue weighted by Crippen LogP contribution is -2.48. The smallest absolute Gasteiger partial charge is 0.321 e. The second-order valence-corrected chi connectivity index (χ2v) is 7.97. The third kappa shape index (κ3) is 5.90. The van der Waals surface area contributed by atoms with Crippen molar-refractivity contribution in [3.8, 4) is 0 Å². The molecule has 0 bridgehead atoms. The van der Waals surface area contributed by atoms with Crippen molar-refractivity contribution in [1.82, 2.24) is 9.55 Å². The van der Waals surface area contributed by atoms with E-state index in [0.717, 1.165) is 0 Å². The normalized spacial score (nSPS) is 13.3. The van der Waals surface area contributed by atoms with Gasteiger partial charge in [0.1, 0.15) is 11.3 Å². The van der Waals surface area contributed by atoms with Gasteiger partial charge in [-0.3, -0.25) is 19.2 Å². The number of carbonyl (C=O) groups is 4. The maximum Gasteiger partial charge on any atom is 0.321 e. The van der Waals surface area contributed by atoms with Crippen LogP contribution in [0.1, 0.15) is 41.0 Å². The first kappa shape index (κ1) is 25.6. The van der Waals surface area contributed by atoms with Crippen molar-refractivity contribution in [2.45, 2.75) is 26.8 Å². The fourth-order valence-corrected chi connectivity index (χ4v) is 3.97. The fourth-order valence-electron chi connectivity index (χ4n) is 3.97. The van der Waals surface area contributed by atoms with Crippen LogP contribution in [0.4, 0.5) is 0 Å². The van der Waals surface area contributed by atoms with E-state index < -0.39 is 41.3 Å². The first-order valence-electron chi connectivity index (χ1n) is 11.4. The molecule has 0 N–H and O–H groups in total. The van der Waals surface area contributed by atoms with Gasteiger partial charge in [-0.05, 0) is 20.3 Å². The summed E-state index contributed by atoms with van der Waals surface area (Å²) in [7, 11) is 0. The number of carbonyl (C=O) groups excluding carboxylic acids is 4. The van der Waals surface area contributed by atoms with Crippen LogP contribution < -0.4 is 0 Å². The van der Waals surface area contributed by atoms with Crippen molar-refractivity contribution < 1.29 is 28.7 Å². The first-order chi connectivity index (χ1) is 16.9. The van der Waals surface area contributed by atoms with Crippen LogP contribution in [0.15, 0.2) is 79.4 Å². The molecular formula is C27H28N2O6. The van der Waals surface area contributed by atoms with Crippen LogP contribution >= 0.6 is 0 Å². The molecule has 2 unspecified atom stereocenters. The Kier molecular flexibility index (Phi) is 8.67. The summed E-state index contributed by atoms with van der Waals surface area (Å²) in [5, 5.41) is 0. The summed E-state index contributed by atoms with van der Waals surface area (Å²) < 4.78 is 12.1. The molecule has 0 fully saturated rings. The summed E-state index contributed by atoms with van der Waals surface area (Å²) in [6, 6.07) is 16.5. The lowest BCUT2D eigenvalue weighted by molar-refractivity contribution is -0.155. The molecule has 8 heteroatoms. The largest absolute Gasteiger partial charge is 0.465 e. The summed E-state index contributed by atoms with van der Waals surface area (Å²) in [4.78, 5) is 58.1. The fraction of sp³-hybridized carbons (Fsp3) is 0.296. The molecule has 0 saturated heterocycles. The minimum absolute atomic E-state index is 0.0171. The van der Waals surface area contributed by atoms with Crippen LogP contribution in [-0.4, -0.2) is 46.3 Å². The van der Waals surface area contributed by atoms with Crippen molar-refractivity contribution in [2.75, 3.05) is 13.2 Å². The van der Waals surface area contributed by atoms with E-state index in [2.05, 4.69) is 4.98 Å². The number of hydrogen-bond acceptors (Lipinski definition) is 7. The topological polar surface area (TPSA) is 105 Å². The van der Waals surface area contributed by atoms with E-state index in [9.17, 15) is 19.2 Å². The second-order valence-electron chi connectivity index (χ2n) is 7.97. The molecule has 3 aromatic rings. The van der Waals surface area contributed by atoms with Gasteiger partial charge in [0, 0.05) is 30.1 Å². The van der Waals surface area contributed by atoms with Gasteiger partial charge in [-0.2, -0.15) is 0 Å². The Labute approximate surface area is 203 Å². The maximum absolute atomic E-state index is 14.0. The van der Waals surface area contributed by atoms with Gasteiger partial charge >= 0.3 is 11.9 Å². The van der Waals surface area contributed by atoms with E-state index in [0.29, 0.717) is 0 Å². The van der Waals surface area contributed by atoms with E-state index in [1.165, 1.54) is 12.5 Å². The quantitative estimate of drug-likeness (QED) is 0.223. The predicted molar refractivity (Wildman–Crippen MR) is 128 cm³/mol. The standard InChI is InChI=1S/C27H28N2O6/c1-3-34-25(32)22(23(30)20-11-7-5-8-12-20)17-27(26(33)35-4-2,18-29-16-15-28-19-29)24(31)21-13-9-6-10-14-21/h5-16,19,22H,3-4,17-18H2,1-2H3. The Bertz CT molecular complexity index is 1140. The number of aromatic nitrogens is 2. The van der Waals surface area contributed by atoms with E-state index in [1.54, 1.807) is 85.3 Å². The SMILES string of the molecule is CCOC(=O)C(CC(Cn1ccnc1)(C(=O)OCC)C(=O)c1ccccc1)C(=O)c1ccccc1. The van der Waals surface area contributed by atoms with E-state index in [4.69, 9.17) is 9.47 Å². The Hall–Kier alpha value is -4.07. The number of ether oxygens (including phenoxy) is 2. The molecule has 0 spiro atoms. The van der Waals surface area contributed by atoms with Crippen molar-refractivity contribution in [1.29, 1.82) is 0 Å². The molecule has 2 atom stereocenters. The number of benzene rings is 2. The second kappa shape index (κ2) is 11.9. The van der Waals surface area contributed by atoms with Gasteiger partial charge in [0.25, 0.3) is 0 Å². The summed E-state index contributed by atoms with van der Waals surface area (Å²) in [6.45, 7) is 3.14. The molecule has 0 aliphatic carbocycles. The lowest BCUT2D eigenvalue weighted by atomic mass is 9.71. The highest BCUT2D eigenvalue weighted by atomic mass is 16.5. The minimum atomic E-state index is -1.89. The van der Waals surface area contributed by atoms with Crippen LogP contribution in [0.2, 0.25) is 0 Å². The zero-order chi connectivity index (χ0) is 25.3. The highest BCUT2D eigenvalue weighted by Gasteiger charge is 2.52. The number of imidazole rings is 1. The third-order valence-corrected chi connectivity index (χ3v) is 5.65. The molecule has 2 aromatic carbocycles. The average Bonchev–Trinajstić information content (AvgIpc) is 3.40. The van der Waals surface area contributed by atoms with Crippen LogP contribution in [0.5, 0.6) is 0 Å². The number of hydrogen-bond donors (Lipinski definition) is 0. The monoisotopic (exact) mass is 476 g/mol. The molecule has 8 nitrogen and oxygen atoms in total. The van der Waals surface area contributed by atoms with Gasteiger partial charge in [0.2, 0.25) is 0 Å². The number of ketones is 2. The molecular weight excluding hydrogens is 448 g/mol. The number of nitrogens with zero attached hydrogens (tertiary/aromatic N) is 2. The lowest BCUT2D eigenvalue weighted by Gasteiger charge is -2.32. The number of Topliss-reactive ketones (excluding diaryl/α,β-unsaturated/α-hetero) is 2. The predicted octanol–water partition coefficient (Wildman–Crippen LogP) is 3.77. The highest BCUT2D eigenvalue weighted by Crippen LogP contribution is 2.36. The van der Waals surface area contributed by atoms with Crippen LogP contribution in [0.25, 0.3) is 0 Å². The molecule has 0 aliphatic rings. The zero-order valence-corrected chi connectivity index (χ0v) is 19.8. The number of esters is 2. The average molecular weight is 477 g/mol. The van der Waals surface area contributed by atoms with E-state index >= 15 is 0 Å². The van der Waals surface area contributed by atoms with E-state index in [1.807, 2.05) is 0 Å².